The Morgan fingerprint density at radius 2 is 1.74 bits per heavy atom. The van der Waals surface area contributed by atoms with Crippen LogP contribution in [0.3, 0.4) is 0 Å². The van der Waals surface area contributed by atoms with Gasteiger partial charge in [-0.2, -0.15) is 0 Å². The molecule has 1 heterocycles. The summed E-state index contributed by atoms with van der Waals surface area (Å²) < 4.78 is 62.7. The van der Waals surface area contributed by atoms with Crippen molar-refractivity contribution >= 4 is 39.1 Å². The number of nitrogens with zero attached hydrogens (tertiary/aromatic N) is 1. The summed E-state index contributed by atoms with van der Waals surface area (Å²) in [6, 6.07) is 7.83. The number of carbonyl (C=O) groups is 1. The molecular formula is C27H30Cl2F2N2O4S. The van der Waals surface area contributed by atoms with Crippen LogP contribution in [0.15, 0.2) is 30.3 Å². The molecule has 5 rings (SSSR count). The first-order valence-electron chi connectivity index (χ1n) is 12.9. The molecule has 1 aliphatic heterocycles. The van der Waals surface area contributed by atoms with Gasteiger partial charge in [-0.25, -0.2) is 21.9 Å². The SMILES string of the molecule is CC(c1cc(Cl)cc(Cl)c1)N1CCC(F)(COc2cc(F)c(C(=O)NS(=O)(=O)C3CC3)cc2C2CC2)CC1. The summed E-state index contributed by atoms with van der Waals surface area (Å²) in [7, 11) is -3.81. The fourth-order valence-corrected chi connectivity index (χ4v) is 6.76. The summed E-state index contributed by atoms with van der Waals surface area (Å²) in [5.74, 6) is -1.62. The maximum atomic E-state index is 15.7. The Hall–Kier alpha value is -1.94. The van der Waals surface area contributed by atoms with Gasteiger partial charge in [0.05, 0.1) is 10.8 Å². The fourth-order valence-electron chi connectivity index (χ4n) is 4.92. The van der Waals surface area contributed by atoms with Crippen LogP contribution in [-0.4, -0.2) is 49.8 Å². The van der Waals surface area contributed by atoms with Crippen LogP contribution in [0, 0.1) is 5.82 Å². The van der Waals surface area contributed by atoms with Crippen LogP contribution in [0.5, 0.6) is 5.75 Å². The second-order valence-electron chi connectivity index (χ2n) is 10.7. The molecule has 1 unspecified atom stereocenters. The van der Waals surface area contributed by atoms with Gasteiger partial charge in [0.15, 0.2) is 0 Å². The van der Waals surface area contributed by atoms with Gasteiger partial charge in [-0.1, -0.05) is 23.2 Å². The van der Waals surface area contributed by atoms with Crippen molar-refractivity contribution in [3.8, 4) is 5.75 Å². The van der Waals surface area contributed by atoms with E-state index in [4.69, 9.17) is 27.9 Å². The second-order valence-corrected chi connectivity index (χ2v) is 13.5. The van der Waals surface area contributed by atoms with Gasteiger partial charge in [-0.05, 0) is 86.8 Å². The van der Waals surface area contributed by atoms with Crippen LogP contribution in [0.1, 0.15) is 78.9 Å². The lowest BCUT2D eigenvalue weighted by molar-refractivity contribution is 0.00614. The highest BCUT2D eigenvalue weighted by atomic mass is 35.5. The third-order valence-corrected chi connectivity index (χ3v) is 9.91. The Morgan fingerprint density at radius 3 is 2.32 bits per heavy atom. The number of hydrogen-bond donors (Lipinski definition) is 1. The molecule has 2 aliphatic carbocycles. The average molecular weight is 588 g/mol. The zero-order valence-electron chi connectivity index (χ0n) is 21.0. The van der Waals surface area contributed by atoms with Crippen LogP contribution in [-0.2, 0) is 10.0 Å². The predicted molar refractivity (Wildman–Crippen MR) is 143 cm³/mol. The molecule has 3 fully saturated rings. The van der Waals surface area contributed by atoms with Gasteiger partial charge in [-0.3, -0.25) is 9.69 Å². The van der Waals surface area contributed by atoms with E-state index in [0.717, 1.165) is 24.5 Å². The number of piperidine rings is 1. The zero-order chi connectivity index (χ0) is 27.2. The third-order valence-electron chi connectivity index (χ3n) is 7.65. The van der Waals surface area contributed by atoms with Crippen molar-refractivity contribution in [2.24, 2.45) is 0 Å². The molecule has 0 bridgehead atoms. The lowest BCUT2D eigenvalue weighted by Gasteiger charge is -2.39. The summed E-state index contributed by atoms with van der Waals surface area (Å²) in [5.41, 5.74) is -0.369. The molecule has 1 atom stereocenters. The predicted octanol–water partition coefficient (Wildman–Crippen LogP) is 6.18. The molecule has 1 amide bonds. The Bertz CT molecular complexity index is 1320. The van der Waals surface area contributed by atoms with Crippen LogP contribution in [0.4, 0.5) is 8.78 Å². The van der Waals surface area contributed by atoms with Crippen molar-refractivity contribution in [2.75, 3.05) is 19.7 Å². The summed E-state index contributed by atoms with van der Waals surface area (Å²) >= 11 is 12.3. The van der Waals surface area contributed by atoms with E-state index in [1.165, 1.54) is 6.07 Å². The molecule has 0 aromatic heterocycles. The summed E-state index contributed by atoms with van der Waals surface area (Å²) in [6.45, 7) is 2.80. The second kappa shape index (κ2) is 10.6. The van der Waals surface area contributed by atoms with Crippen molar-refractivity contribution in [1.29, 1.82) is 0 Å². The lowest BCUT2D eigenvalue weighted by atomic mass is 9.92. The quantitative estimate of drug-likeness (QED) is 0.380. The van der Waals surface area contributed by atoms with E-state index >= 15 is 4.39 Å². The molecule has 206 valence electrons. The molecule has 2 saturated carbocycles. The van der Waals surface area contributed by atoms with E-state index in [1.807, 2.05) is 23.8 Å². The minimum atomic E-state index is -3.81. The molecule has 6 nitrogen and oxygen atoms in total. The van der Waals surface area contributed by atoms with E-state index in [0.29, 0.717) is 41.5 Å². The van der Waals surface area contributed by atoms with E-state index in [1.54, 1.807) is 6.07 Å². The Kier molecular flexibility index (Phi) is 7.68. The Morgan fingerprint density at radius 1 is 1.11 bits per heavy atom. The first-order valence-corrected chi connectivity index (χ1v) is 15.2. The molecule has 0 spiro atoms. The fraction of sp³-hybridized carbons (Fsp3) is 0.519. The number of halogens is 4. The third kappa shape index (κ3) is 6.27. The molecule has 2 aromatic rings. The van der Waals surface area contributed by atoms with Gasteiger partial charge in [0.25, 0.3) is 5.91 Å². The van der Waals surface area contributed by atoms with Gasteiger partial charge < -0.3 is 4.74 Å². The van der Waals surface area contributed by atoms with Crippen molar-refractivity contribution in [3.05, 3.63) is 62.9 Å². The van der Waals surface area contributed by atoms with Gasteiger partial charge in [-0.15, -0.1) is 0 Å². The number of likely N-dealkylation sites (tertiary alicyclic amines) is 1. The van der Waals surface area contributed by atoms with Gasteiger partial charge >= 0.3 is 0 Å². The minimum absolute atomic E-state index is 0.00894. The number of amides is 1. The van der Waals surface area contributed by atoms with E-state index in [9.17, 15) is 17.6 Å². The number of ether oxygens (including phenoxy) is 1. The minimum Gasteiger partial charge on any atom is -0.490 e. The number of nitrogens with one attached hydrogen (secondary N) is 1. The molecule has 1 N–H and O–H groups in total. The van der Waals surface area contributed by atoms with Crippen LogP contribution in [0.2, 0.25) is 10.0 Å². The monoisotopic (exact) mass is 586 g/mol. The Labute approximate surface area is 231 Å². The number of alkyl halides is 1. The van der Waals surface area contributed by atoms with Gasteiger partial charge in [0.2, 0.25) is 10.0 Å². The first kappa shape index (κ1) is 27.6. The highest BCUT2D eigenvalue weighted by Gasteiger charge is 2.39. The number of sulfonamides is 1. The average Bonchev–Trinajstić information content (AvgIpc) is 3.75. The molecule has 11 heteroatoms. The largest absolute Gasteiger partial charge is 0.490 e. The van der Waals surface area contributed by atoms with Gasteiger partial charge in [0, 0.05) is 35.2 Å². The first-order chi connectivity index (χ1) is 17.9. The van der Waals surface area contributed by atoms with Crippen LogP contribution >= 0.6 is 23.2 Å². The number of rotatable bonds is 9. The topological polar surface area (TPSA) is 75.7 Å². The number of benzene rings is 2. The molecular weight excluding hydrogens is 557 g/mol. The van der Waals surface area contributed by atoms with Crippen molar-refractivity contribution in [2.45, 2.75) is 68.3 Å². The van der Waals surface area contributed by atoms with Crippen LogP contribution < -0.4 is 9.46 Å². The van der Waals surface area contributed by atoms with Crippen molar-refractivity contribution < 1.29 is 26.7 Å². The van der Waals surface area contributed by atoms with Gasteiger partial charge in [0.1, 0.15) is 23.8 Å². The lowest BCUT2D eigenvalue weighted by Crippen LogP contribution is -2.45. The maximum absolute atomic E-state index is 15.7. The maximum Gasteiger partial charge on any atom is 0.267 e. The summed E-state index contributed by atoms with van der Waals surface area (Å²) in [5, 5.41) is 0.506. The van der Waals surface area contributed by atoms with E-state index in [-0.39, 0.29) is 42.7 Å². The highest BCUT2D eigenvalue weighted by Crippen LogP contribution is 2.45. The molecule has 38 heavy (non-hydrogen) atoms. The molecule has 3 aliphatic rings. The van der Waals surface area contributed by atoms with E-state index in [2.05, 4.69) is 4.90 Å². The van der Waals surface area contributed by atoms with Crippen molar-refractivity contribution in [3.63, 3.8) is 0 Å². The van der Waals surface area contributed by atoms with Crippen LogP contribution in [0.25, 0.3) is 0 Å². The standard InChI is InChI=1S/C27H30Cl2F2N2O4S/c1-16(18-10-19(28)12-20(29)11-18)33-8-6-27(31,7-9-33)15-37-25-14-24(30)23(13-22(25)17-2-3-17)26(34)32-38(35,36)21-4-5-21/h10-14,16-17,21H,2-9,15H2,1H3,(H,32,34). The molecule has 1 saturated heterocycles. The molecule has 2 aromatic carbocycles. The number of hydrogen-bond acceptors (Lipinski definition) is 5. The summed E-state index contributed by atoms with van der Waals surface area (Å²) in [6.07, 6.45) is 3.14. The zero-order valence-corrected chi connectivity index (χ0v) is 23.3. The highest BCUT2D eigenvalue weighted by molar-refractivity contribution is 7.91. The van der Waals surface area contributed by atoms with Crippen molar-refractivity contribution in [1.82, 2.24) is 9.62 Å². The molecule has 0 radical (unpaired) electrons. The van der Waals surface area contributed by atoms with E-state index < -0.39 is 32.7 Å². The summed E-state index contributed by atoms with van der Waals surface area (Å²) in [4.78, 5) is 14.7. The normalized spacial score (nSPS) is 20.7. The Balaban J connectivity index is 1.24. The smallest absolute Gasteiger partial charge is 0.267 e. The number of carbonyl (C=O) groups excluding carboxylic acids is 1.